The number of hydrogen-bond acceptors (Lipinski definition) is 6. The molecule has 6 nitrogen and oxygen atoms in total. The third-order valence-corrected chi connectivity index (χ3v) is 11.5. The molecule has 364 valence electrons. The summed E-state index contributed by atoms with van der Waals surface area (Å²) in [4.78, 5) is 37.9. The molecule has 0 saturated heterocycles. The number of carbonyl (C=O) groups excluding carboxylic acids is 3. The molecule has 63 heavy (non-hydrogen) atoms. The number of allylic oxidation sites excluding steroid dienone is 10. The molecule has 1 atom stereocenters. The van der Waals surface area contributed by atoms with Crippen molar-refractivity contribution in [2.45, 2.75) is 271 Å². The Morgan fingerprint density at radius 2 is 0.619 bits per heavy atom. The lowest BCUT2D eigenvalue weighted by Crippen LogP contribution is -2.30. The van der Waals surface area contributed by atoms with E-state index in [0.29, 0.717) is 19.3 Å². The van der Waals surface area contributed by atoms with E-state index in [1.165, 1.54) is 122 Å². The SMILES string of the molecule is CC/C=C\C/C=C\C/C=C\C/C=C\CCCCCCCCCCC(=O)OCC(COC(=O)CCCCCCCCCCC)OC(=O)CCCCCCC/C=C\CCCCCCCC. The van der Waals surface area contributed by atoms with Gasteiger partial charge in [0.2, 0.25) is 0 Å². The number of carbonyl (C=O) groups is 3. The fraction of sp³-hybridized carbons (Fsp3) is 0.772. The first-order valence-electron chi connectivity index (χ1n) is 26.8. The minimum Gasteiger partial charge on any atom is -0.462 e. The third-order valence-electron chi connectivity index (χ3n) is 11.5. The standard InChI is InChI=1S/C57H100O6/c1-4-7-10-13-16-19-21-23-25-26-27-28-29-30-32-33-35-38-41-44-47-50-56(59)62-53-54(52-61-55(58)49-46-43-40-37-18-15-12-9-6-3)63-57(60)51-48-45-42-39-36-34-31-24-22-20-17-14-11-8-5-2/h7,10,16,19,23-25,27-28,31,54H,4-6,8-9,11-15,17-18,20-22,26,29-30,32-53H2,1-3H3/b10-7-,19-16-,25-23-,28-27-,31-24-. The molecule has 0 aliphatic heterocycles. The van der Waals surface area contributed by atoms with E-state index in [0.717, 1.165) is 103 Å². The molecular formula is C57H100O6. The molecule has 0 bridgehead atoms. The van der Waals surface area contributed by atoms with Crippen LogP contribution in [0.15, 0.2) is 60.8 Å². The van der Waals surface area contributed by atoms with Crippen LogP contribution in [0.25, 0.3) is 0 Å². The summed E-state index contributed by atoms with van der Waals surface area (Å²) in [6.45, 7) is 6.50. The lowest BCUT2D eigenvalue weighted by Gasteiger charge is -2.18. The Bertz CT molecular complexity index is 1150. The molecule has 0 aromatic rings. The smallest absolute Gasteiger partial charge is 0.306 e. The Kier molecular flexibility index (Phi) is 49.4. The van der Waals surface area contributed by atoms with Gasteiger partial charge in [0.1, 0.15) is 13.2 Å². The van der Waals surface area contributed by atoms with Crippen LogP contribution < -0.4 is 0 Å². The molecule has 0 fully saturated rings. The van der Waals surface area contributed by atoms with E-state index in [1.807, 2.05) is 0 Å². The van der Waals surface area contributed by atoms with Gasteiger partial charge in [-0.3, -0.25) is 14.4 Å². The van der Waals surface area contributed by atoms with Gasteiger partial charge in [0, 0.05) is 19.3 Å². The second-order valence-electron chi connectivity index (χ2n) is 17.8. The topological polar surface area (TPSA) is 78.9 Å². The van der Waals surface area contributed by atoms with Gasteiger partial charge < -0.3 is 14.2 Å². The van der Waals surface area contributed by atoms with Gasteiger partial charge in [0.05, 0.1) is 0 Å². The zero-order valence-electron chi connectivity index (χ0n) is 41.6. The molecule has 6 heteroatoms. The highest BCUT2D eigenvalue weighted by atomic mass is 16.6. The van der Waals surface area contributed by atoms with Crippen LogP contribution in [0.1, 0.15) is 265 Å². The highest BCUT2D eigenvalue weighted by Gasteiger charge is 2.19. The second-order valence-corrected chi connectivity index (χ2v) is 17.8. The van der Waals surface area contributed by atoms with Crippen LogP contribution in [0.5, 0.6) is 0 Å². The molecular weight excluding hydrogens is 781 g/mol. The molecule has 0 heterocycles. The Balaban J connectivity index is 4.30. The summed E-state index contributed by atoms with van der Waals surface area (Å²) < 4.78 is 16.8. The first-order valence-corrected chi connectivity index (χ1v) is 26.8. The molecule has 0 aliphatic carbocycles. The van der Waals surface area contributed by atoms with Crippen molar-refractivity contribution in [3.63, 3.8) is 0 Å². The first kappa shape index (κ1) is 60.1. The van der Waals surface area contributed by atoms with Crippen molar-refractivity contribution in [3.05, 3.63) is 60.8 Å². The van der Waals surface area contributed by atoms with Crippen molar-refractivity contribution in [1.29, 1.82) is 0 Å². The molecule has 0 aromatic heterocycles. The average Bonchev–Trinajstić information content (AvgIpc) is 3.28. The number of unbranched alkanes of at least 4 members (excludes halogenated alkanes) is 27. The minimum atomic E-state index is -0.778. The van der Waals surface area contributed by atoms with Crippen molar-refractivity contribution in [3.8, 4) is 0 Å². The van der Waals surface area contributed by atoms with Crippen LogP contribution >= 0.6 is 0 Å². The molecule has 0 aliphatic rings. The maximum atomic E-state index is 12.8. The zero-order valence-corrected chi connectivity index (χ0v) is 41.6. The summed E-state index contributed by atoms with van der Waals surface area (Å²) in [6.07, 6.45) is 63.5. The highest BCUT2D eigenvalue weighted by molar-refractivity contribution is 5.71. The van der Waals surface area contributed by atoms with E-state index in [-0.39, 0.29) is 31.1 Å². The highest BCUT2D eigenvalue weighted by Crippen LogP contribution is 2.15. The number of rotatable bonds is 48. The molecule has 0 rings (SSSR count). The Morgan fingerprint density at radius 3 is 0.984 bits per heavy atom. The van der Waals surface area contributed by atoms with Gasteiger partial charge in [-0.25, -0.2) is 0 Å². The average molecular weight is 881 g/mol. The van der Waals surface area contributed by atoms with Crippen molar-refractivity contribution < 1.29 is 28.6 Å². The van der Waals surface area contributed by atoms with Gasteiger partial charge in [0.25, 0.3) is 0 Å². The van der Waals surface area contributed by atoms with Crippen LogP contribution in [-0.2, 0) is 28.6 Å². The molecule has 0 amide bonds. The van der Waals surface area contributed by atoms with Crippen molar-refractivity contribution in [2.75, 3.05) is 13.2 Å². The molecule has 0 N–H and O–H groups in total. The zero-order chi connectivity index (χ0) is 45.8. The Morgan fingerprint density at radius 1 is 0.333 bits per heavy atom. The summed E-state index contributed by atoms with van der Waals surface area (Å²) in [6, 6.07) is 0. The molecule has 0 spiro atoms. The molecule has 0 saturated carbocycles. The van der Waals surface area contributed by atoms with Gasteiger partial charge in [-0.15, -0.1) is 0 Å². The minimum absolute atomic E-state index is 0.0783. The van der Waals surface area contributed by atoms with Gasteiger partial charge in [-0.2, -0.15) is 0 Å². The second kappa shape index (κ2) is 51.7. The van der Waals surface area contributed by atoms with E-state index in [1.54, 1.807) is 0 Å². The molecule has 1 unspecified atom stereocenters. The fourth-order valence-corrected chi connectivity index (χ4v) is 7.49. The predicted molar refractivity (Wildman–Crippen MR) is 270 cm³/mol. The van der Waals surface area contributed by atoms with Gasteiger partial charge in [-0.05, 0) is 83.5 Å². The maximum Gasteiger partial charge on any atom is 0.306 e. The number of esters is 3. The van der Waals surface area contributed by atoms with E-state index in [9.17, 15) is 14.4 Å². The van der Waals surface area contributed by atoms with E-state index >= 15 is 0 Å². The van der Waals surface area contributed by atoms with Crippen molar-refractivity contribution in [1.82, 2.24) is 0 Å². The van der Waals surface area contributed by atoms with Crippen LogP contribution in [0, 0.1) is 0 Å². The van der Waals surface area contributed by atoms with Crippen LogP contribution in [0.3, 0.4) is 0 Å². The number of hydrogen-bond donors (Lipinski definition) is 0. The monoisotopic (exact) mass is 881 g/mol. The first-order chi connectivity index (χ1) is 31.0. The van der Waals surface area contributed by atoms with Gasteiger partial charge in [-0.1, -0.05) is 223 Å². The molecule has 0 radical (unpaired) electrons. The maximum absolute atomic E-state index is 12.8. The van der Waals surface area contributed by atoms with Crippen molar-refractivity contribution >= 4 is 17.9 Å². The number of ether oxygens (including phenoxy) is 3. The fourth-order valence-electron chi connectivity index (χ4n) is 7.49. The van der Waals surface area contributed by atoms with Gasteiger partial charge >= 0.3 is 17.9 Å². The van der Waals surface area contributed by atoms with E-state index < -0.39 is 6.10 Å². The van der Waals surface area contributed by atoms with E-state index in [2.05, 4.69) is 81.5 Å². The van der Waals surface area contributed by atoms with Crippen LogP contribution in [-0.4, -0.2) is 37.2 Å². The summed E-state index contributed by atoms with van der Waals surface area (Å²) in [5, 5.41) is 0. The quantitative estimate of drug-likeness (QED) is 0.0262. The summed E-state index contributed by atoms with van der Waals surface area (Å²) in [5.74, 6) is -0.892. The van der Waals surface area contributed by atoms with E-state index in [4.69, 9.17) is 14.2 Å². The lowest BCUT2D eigenvalue weighted by molar-refractivity contribution is -0.167. The van der Waals surface area contributed by atoms with Crippen LogP contribution in [0.4, 0.5) is 0 Å². The van der Waals surface area contributed by atoms with Gasteiger partial charge in [0.15, 0.2) is 6.10 Å². The van der Waals surface area contributed by atoms with Crippen LogP contribution in [0.2, 0.25) is 0 Å². The third kappa shape index (κ3) is 50.0. The predicted octanol–water partition coefficient (Wildman–Crippen LogP) is 17.6. The molecule has 0 aromatic carbocycles. The largest absolute Gasteiger partial charge is 0.462 e. The van der Waals surface area contributed by atoms with Crippen molar-refractivity contribution in [2.24, 2.45) is 0 Å². The lowest BCUT2D eigenvalue weighted by atomic mass is 10.1. The Labute approximate surface area is 390 Å². The summed E-state index contributed by atoms with van der Waals surface area (Å²) >= 11 is 0. The Hall–Kier alpha value is -2.89. The normalized spacial score (nSPS) is 12.5. The summed E-state index contributed by atoms with van der Waals surface area (Å²) in [7, 11) is 0. The summed E-state index contributed by atoms with van der Waals surface area (Å²) in [5.41, 5.74) is 0.